The third kappa shape index (κ3) is 4.84. The standard InChI is InChI=1S/C27H29N3O3S/c1-18-8-10-22(19(2)15-18)30-23(17-21(28-30)26-7-6-14-34-26)27(31)29(3)13-12-20-9-11-24(32-4)25(16-20)33-5/h6-11,14-17H,12-13H2,1-5H3. The summed E-state index contributed by atoms with van der Waals surface area (Å²) in [6.45, 7) is 4.66. The summed E-state index contributed by atoms with van der Waals surface area (Å²) in [7, 11) is 5.07. The number of carbonyl (C=O) groups excluding carboxylic acids is 1. The molecule has 0 N–H and O–H groups in total. The second-order valence-electron chi connectivity index (χ2n) is 8.26. The van der Waals surface area contributed by atoms with E-state index in [2.05, 4.69) is 13.0 Å². The number of carbonyl (C=O) groups is 1. The zero-order chi connectivity index (χ0) is 24.2. The zero-order valence-corrected chi connectivity index (χ0v) is 21.0. The van der Waals surface area contributed by atoms with E-state index in [1.165, 1.54) is 5.56 Å². The highest BCUT2D eigenvalue weighted by molar-refractivity contribution is 7.13. The van der Waals surface area contributed by atoms with Gasteiger partial charge >= 0.3 is 0 Å². The maximum absolute atomic E-state index is 13.6. The Morgan fingerprint density at radius 1 is 1.03 bits per heavy atom. The lowest BCUT2D eigenvalue weighted by Gasteiger charge is -2.19. The van der Waals surface area contributed by atoms with Crippen molar-refractivity contribution in [3.63, 3.8) is 0 Å². The van der Waals surface area contributed by atoms with Crippen molar-refractivity contribution in [2.45, 2.75) is 20.3 Å². The van der Waals surface area contributed by atoms with Gasteiger partial charge < -0.3 is 14.4 Å². The van der Waals surface area contributed by atoms with E-state index in [4.69, 9.17) is 14.6 Å². The number of methoxy groups -OCH3 is 2. The Morgan fingerprint density at radius 3 is 2.50 bits per heavy atom. The monoisotopic (exact) mass is 475 g/mol. The van der Waals surface area contributed by atoms with Gasteiger partial charge in [-0.05, 0) is 67.1 Å². The topological polar surface area (TPSA) is 56.6 Å². The van der Waals surface area contributed by atoms with E-state index in [0.29, 0.717) is 30.2 Å². The van der Waals surface area contributed by atoms with Crippen LogP contribution in [0, 0.1) is 13.8 Å². The molecule has 0 aliphatic heterocycles. The number of benzene rings is 2. The molecule has 34 heavy (non-hydrogen) atoms. The molecule has 4 rings (SSSR count). The first-order valence-electron chi connectivity index (χ1n) is 11.1. The average Bonchev–Trinajstić information content (AvgIpc) is 3.52. The van der Waals surface area contributed by atoms with Crippen molar-refractivity contribution in [3.05, 3.63) is 82.4 Å². The first kappa shape index (κ1) is 23.6. The third-order valence-electron chi connectivity index (χ3n) is 5.81. The minimum atomic E-state index is -0.0734. The molecule has 2 aromatic carbocycles. The van der Waals surface area contributed by atoms with Gasteiger partial charge in [-0.1, -0.05) is 29.8 Å². The largest absolute Gasteiger partial charge is 0.493 e. The molecule has 0 fully saturated rings. The van der Waals surface area contributed by atoms with Crippen molar-refractivity contribution in [1.82, 2.24) is 14.7 Å². The van der Waals surface area contributed by atoms with Crippen LogP contribution in [0.1, 0.15) is 27.2 Å². The number of thiophene rings is 1. The van der Waals surface area contributed by atoms with Crippen molar-refractivity contribution in [3.8, 4) is 27.8 Å². The Morgan fingerprint density at radius 2 is 1.82 bits per heavy atom. The van der Waals surface area contributed by atoms with Crippen LogP contribution in [0.3, 0.4) is 0 Å². The van der Waals surface area contributed by atoms with Gasteiger partial charge in [-0.2, -0.15) is 5.10 Å². The van der Waals surface area contributed by atoms with E-state index in [-0.39, 0.29) is 5.91 Å². The van der Waals surface area contributed by atoms with Gasteiger partial charge in [0, 0.05) is 13.6 Å². The average molecular weight is 476 g/mol. The van der Waals surface area contributed by atoms with Crippen molar-refractivity contribution in [2.24, 2.45) is 0 Å². The molecular formula is C27H29N3O3S. The molecule has 0 aliphatic carbocycles. The fraction of sp³-hybridized carbons (Fsp3) is 0.259. The summed E-state index contributed by atoms with van der Waals surface area (Å²) in [5.41, 5.74) is 5.57. The lowest BCUT2D eigenvalue weighted by atomic mass is 10.1. The molecule has 176 valence electrons. The van der Waals surface area contributed by atoms with Gasteiger partial charge in [0.15, 0.2) is 11.5 Å². The summed E-state index contributed by atoms with van der Waals surface area (Å²) in [5.74, 6) is 1.30. The van der Waals surface area contributed by atoms with E-state index < -0.39 is 0 Å². The van der Waals surface area contributed by atoms with Crippen LogP contribution in [0.25, 0.3) is 16.3 Å². The molecule has 6 nitrogen and oxygen atoms in total. The van der Waals surface area contributed by atoms with Crippen LogP contribution in [-0.4, -0.2) is 48.4 Å². The predicted octanol–water partition coefficient (Wildman–Crippen LogP) is 5.55. The number of hydrogen-bond donors (Lipinski definition) is 0. The lowest BCUT2D eigenvalue weighted by Crippen LogP contribution is -2.30. The summed E-state index contributed by atoms with van der Waals surface area (Å²) in [6.07, 6.45) is 0.693. The van der Waals surface area contributed by atoms with Crippen molar-refractivity contribution in [1.29, 1.82) is 0 Å². The number of aromatic nitrogens is 2. The van der Waals surface area contributed by atoms with Gasteiger partial charge in [0.2, 0.25) is 0 Å². The van der Waals surface area contributed by atoms with Gasteiger partial charge in [-0.3, -0.25) is 4.79 Å². The summed E-state index contributed by atoms with van der Waals surface area (Å²) in [4.78, 5) is 16.3. The van der Waals surface area contributed by atoms with Crippen LogP contribution in [0.5, 0.6) is 11.5 Å². The number of aryl methyl sites for hydroxylation is 2. The summed E-state index contributed by atoms with van der Waals surface area (Å²) in [6, 6.07) is 17.9. The Labute approximate surface area is 204 Å². The highest BCUT2D eigenvalue weighted by Crippen LogP contribution is 2.29. The van der Waals surface area contributed by atoms with Crippen molar-refractivity contribution >= 4 is 17.2 Å². The van der Waals surface area contributed by atoms with E-state index in [0.717, 1.165) is 27.4 Å². The first-order chi connectivity index (χ1) is 16.4. The van der Waals surface area contributed by atoms with Gasteiger partial charge in [0.05, 0.1) is 24.8 Å². The molecule has 4 aromatic rings. The first-order valence-corrected chi connectivity index (χ1v) is 12.0. The van der Waals surface area contributed by atoms with Crippen LogP contribution in [0.15, 0.2) is 60.0 Å². The number of amides is 1. The fourth-order valence-corrected chi connectivity index (χ4v) is 4.62. The number of rotatable bonds is 8. The van der Waals surface area contributed by atoms with Crippen LogP contribution >= 0.6 is 11.3 Å². The van der Waals surface area contributed by atoms with Crippen LogP contribution in [0.2, 0.25) is 0 Å². The van der Waals surface area contributed by atoms with Crippen LogP contribution < -0.4 is 9.47 Å². The van der Waals surface area contributed by atoms with Crippen LogP contribution in [-0.2, 0) is 6.42 Å². The summed E-state index contributed by atoms with van der Waals surface area (Å²) >= 11 is 1.61. The van der Waals surface area contributed by atoms with E-state index in [1.54, 1.807) is 35.1 Å². The smallest absolute Gasteiger partial charge is 0.272 e. The second-order valence-corrected chi connectivity index (χ2v) is 9.21. The summed E-state index contributed by atoms with van der Waals surface area (Å²) in [5, 5.41) is 6.84. The maximum Gasteiger partial charge on any atom is 0.272 e. The molecule has 0 spiro atoms. The van der Waals surface area contributed by atoms with E-state index in [9.17, 15) is 4.79 Å². The van der Waals surface area contributed by atoms with Crippen molar-refractivity contribution < 1.29 is 14.3 Å². The zero-order valence-electron chi connectivity index (χ0n) is 20.2. The van der Waals surface area contributed by atoms with Gasteiger partial charge in [-0.15, -0.1) is 11.3 Å². The predicted molar refractivity (Wildman–Crippen MR) is 137 cm³/mol. The molecular weight excluding hydrogens is 446 g/mol. The number of nitrogens with zero attached hydrogens (tertiary/aromatic N) is 3. The Kier molecular flexibility index (Phi) is 7.03. The molecule has 0 saturated heterocycles. The molecule has 0 atom stereocenters. The fourth-order valence-electron chi connectivity index (χ4n) is 3.93. The number of likely N-dealkylation sites (N-methyl/N-ethyl adjacent to an activating group) is 1. The van der Waals surface area contributed by atoms with Gasteiger partial charge in [-0.25, -0.2) is 4.68 Å². The molecule has 2 heterocycles. The Hall–Kier alpha value is -3.58. The Bertz CT molecular complexity index is 1290. The molecule has 2 aromatic heterocycles. The quantitative estimate of drug-likeness (QED) is 0.335. The molecule has 0 saturated carbocycles. The minimum absolute atomic E-state index is 0.0734. The molecule has 0 radical (unpaired) electrons. The third-order valence-corrected chi connectivity index (χ3v) is 6.71. The van der Waals surface area contributed by atoms with Crippen molar-refractivity contribution in [2.75, 3.05) is 27.8 Å². The summed E-state index contributed by atoms with van der Waals surface area (Å²) < 4.78 is 12.5. The highest BCUT2D eigenvalue weighted by atomic mass is 32.1. The molecule has 1 amide bonds. The normalized spacial score (nSPS) is 10.9. The maximum atomic E-state index is 13.6. The number of hydrogen-bond acceptors (Lipinski definition) is 5. The molecule has 7 heteroatoms. The lowest BCUT2D eigenvalue weighted by molar-refractivity contribution is 0.0787. The number of ether oxygens (including phenoxy) is 2. The van der Waals surface area contributed by atoms with Gasteiger partial charge in [0.1, 0.15) is 11.4 Å². The Balaban J connectivity index is 1.61. The minimum Gasteiger partial charge on any atom is -0.493 e. The molecule has 0 aliphatic rings. The van der Waals surface area contributed by atoms with Crippen LogP contribution in [0.4, 0.5) is 0 Å². The highest BCUT2D eigenvalue weighted by Gasteiger charge is 2.22. The SMILES string of the molecule is COc1ccc(CCN(C)C(=O)c2cc(-c3cccs3)nn2-c2ccc(C)cc2C)cc1OC. The molecule has 0 unspecified atom stereocenters. The molecule has 0 bridgehead atoms. The van der Waals surface area contributed by atoms with Gasteiger partial charge in [0.25, 0.3) is 5.91 Å². The van der Waals surface area contributed by atoms with E-state index >= 15 is 0 Å². The second kappa shape index (κ2) is 10.1. The van der Waals surface area contributed by atoms with E-state index in [1.807, 2.05) is 67.9 Å².